The molecule has 5 nitrogen and oxygen atoms in total. The van der Waals surface area contributed by atoms with E-state index in [2.05, 4.69) is 5.32 Å². The van der Waals surface area contributed by atoms with Gasteiger partial charge >= 0.3 is 6.03 Å². The van der Waals surface area contributed by atoms with E-state index in [4.69, 9.17) is 0 Å². The van der Waals surface area contributed by atoms with Crippen LogP contribution in [0.5, 0.6) is 0 Å². The second-order valence-corrected chi connectivity index (χ2v) is 3.03. The number of rotatable bonds is 2. The predicted octanol–water partition coefficient (Wildman–Crippen LogP) is 0.111. The van der Waals surface area contributed by atoms with Crippen LogP contribution in [-0.4, -0.2) is 29.8 Å². The molecule has 1 atom stereocenters. The molecule has 1 rings (SSSR count). The Morgan fingerprint density at radius 2 is 2.00 bits per heavy atom. The lowest BCUT2D eigenvalue weighted by molar-refractivity contribution is -0.142. The molecule has 0 saturated carbocycles. The van der Waals surface area contributed by atoms with E-state index in [0.29, 0.717) is 6.42 Å². The largest absolute Gasteiger partial charge is 0.330 e. The van der Waals surface area contributed by atoms with Crippen molar-refractivity contribution >= 4 is 17.8 Å². The molecule has 0 radical (unpaired) electrons. The number of barbiturate groups is 1. The molecule has 13 heavy (non-hydrogen) atoms. The lowest BCUT2D eigenvalue weighted by Gasteiger charge is -2.26. The van der Waals surface area contributed by atoms with Crippen molar-refractivity contribution in [1.29, 1.82) is 0 Å². The molecular formula is C8H12N2O3. The molecule has 0 aromatic carbocycles. The van der Waals surface area contributed by atoms with Crippen LogP contribution in [0.2, 0.25) is 0 Å². The highest BCUT2D eigenvalue weighted by molar-refractivity contribution is 6.15. The second-order valence-electron chi connectivity index (χ2n) is 3.03. The number of urea groups is 1. The van der Waals surface area contributed by atoms with E-state index >= 15 is 0 Å². The summed E-state index contributed by atoms with van der Waals surface area (Å²) in [6, 6.07) is -0.637. The van der Waals surface area contributed by atoms with Gasteiger partial charge in [0.05, 0.1) is 0 Å². The number of imide groups is 2. The van der Waals surface area contributed by atoms with Crippen LogP contribution < -0.4 is 5.32 Å². The van der Waals surface area contributed by atoms with Crippen LogP contribution >= 0.6 is 0 Å². The summed E-state index contributed by atoms with van der Waals surface area (Å²) in [6.07, 6.45) is 1.23. The van der Waals surface area contributed by atoms with Crippen LogP contribution in [0.1, 0.15) is 19.8 Å². The van der Waals surface area contributed by atoms with Crippen molar-refractivity contribution in [3.8, 4) is 0 Å². The molecule has 0 aliphatic carbocycles. The molecule has 0 aromatic rings. The zero-order chi connectivity index (χ0) is 10.0. The normalized spacial score (nSPS) is 23.4. The molecular weight excluding hydrogens is 172 g/mol. The third kappa shape index (κ3) is 1.68. The highest BCUT2D eigenvalue weighted by Gasteiger charge is 2.37. The van der Waals surface area contributed by atoms with E-state index in [1.165, 1.54) is 7.05 Å². The van der Waals surface area contributed by atoms with E-state index < -0.39 is 23.8 Å². The number of amides is 4. The quantitative estimate of drug-likeness (QED) is 0.619. The molecule has 72 valence electrons. The van der Waals surface area contributed by atoms with Gasteiger partial charge in [0, 0.05) is 7.05 Å². The fraction of sp³-hybridized carbons (Fsp3) is 0.625. The van der Waals surface area contributed by atoms with Crippen molar-refractivity contribution in [1.82, 2.24) is 10.2 Å². The zero-order valence-corrected chi connectivity index (χ0v) is 7.66. The third-order valence-corrected chi connectivity index (χ3v) is 2.06. The van der Waals surface area contributed by atoms with Crippen LogP contribution in [0.4, 0.5) is 4.79 Å². The zero-order valence-electron chi connectivity index (χ0n) is 7.66. The summed E-state index contributed by atoms with van der Waals surface area (Å²) in [5.41, 5.74) is 0. The summed E-state index contributed by atoms with van der Waals surface area (Å²) in [5.74, 6) is -1.57. The van der Waals surface area contributed by atoms with Crippen molar-refractivity contribution in [3.05, 3.63) is 0 Å². The molecule has 0 spiro atoms. The van der Waals surface area contributed by atoms with Gasteiger partial charge in [0.2, 0.25) is 11.8 Å². The standard InChI is InChI=1S/C8H12N2O3/c1-3-4-5-6(11)9-8(13)10(2)7(5)12/h5H,3-4H2,1-2H3,(H,9,11,13). The molecule has 5 heteroatoms. The molecule has 1 aliphatic heterocycles. The molecule has 4 amide bonds. The third-order valence-electron chi connectivity index (χ3n) is 2.06. The van der Waals surface area contributed by atoms with Gasteiger partial charge in [-0.15, -0.1) is 0 Å². The Morgan fingerprint density at radius 1 is 1.38 bits per heavy atom. The van der Waals surface area contributed by atoms with Gasteiger partial charge in [-0.2, -0.15) is 0 Å². The van der Waals surface area contributed by atoms with Gasteiger partial charge in [0.1, 0.15) is 5.92 Å². The van der Waals surface area contributed by atoms with Crippen molar-refractivity contribution in [2.24, 2.45) is 5.92 Å². The summed E-state index contributed by atoms with van der Waals surface area (Å²) < 4.78 is 0. The Labute approximate surface area is 76.1 Å². The van der Waals surface area contributed by atoms with E-state index in [0.717, 1.165) is 11.3 Å². The summed E-state index contributed by atoms with van der Waals surface area (Å²) in [7, 11) is 1.37. The van der Waals surface area contributed by atoms with E-state index in [9.17, 15) is 14.4 Å². The SMILES string of the molecule is CCCC1C(=O)NC(=O)N(C)C1=O. The maximum atomic E-state index is 11.4. The number of nitrogens with one attached hydrogen (secondary N) is 1. The topological polar surface area (TPSA) is 66.5 Å². The highest BCUT2D eigenvalue weighted by Crippen LogP contribution is 2.13. The summed E-state index contributed by atoms with van der Waals surface area (Å²) in [4.78, 5) is 34.4. The molecule has 1 aliphatic rings. The van der Waals surface area contributed by atoms with E-state index in [1.54, 1.807) is 0 Å². The molecule has 1 unspecified atom stereocenters. The first-order chi connectivity index (χ1) is 6.07. The smallest absolute Gasteiger partial charge is 0.277 e. The summed E-state index contributed by atoms with van der Waals surface area (Å²) in [6.45, 7) is 1.89. The lowest BCUT2D eigenvalue weighted by Crippen LogP contribution is -2.56. The van der Waals surface area contributed by atoms with Gasteiger partial charge in [-0.05, 0) is 6.42 Å². The number of carbonyl (C=O) groups is 3. The Morgan fingerprint density at radius 3 is 2.54 bits per heavy atom. The monoisotopic (exact) mass is 184 g/mol. The Balaban J connectivity index is 2.79. The average molecular weight is 184 g/mol. The maximum Gasteiger partial charge on any atom is 0.330 e. The first-order valence-electron chi connectivity index (χ1n) is 4.20. The fourth-order valence-electron chi connectivity index (χ4n) is 1.27. The fourth-order valence-corrected chi connectivity index (χ4v) is 1.27. The highest BCUT2D eigenvalue weighted by atomic mass is 16.2. The minimum absolute atomic E-state index is 0.407. The molecule has 1 heterocycles. The van der Waals surface area contributed by atoms with Gasteiger partial charge in [-0.25, -0.2) is 4.79 Å². The summed E-state index contributed by atoms with van der Waals surface area (Å²) in [5, 5.41) is 2.12. The number of nitrogens with zero attached hydrogens (tertiary/aromatic N) is 1. The first kappa shape index (κ1) is 9.70. The predicted molar refractivity (Wildman–Crippen MR) is 44.7 cm³/mol. The molecule has 1 N–H and O–H groups in total. The average Bonchev–Trinajstić information content (AvgIpc) is 2.09. The van der Waals surface area contributed by atoms with Crippen molar-refractivity contribution < 1.29 is 14.4 Å². The number of hydrogen-bond acceptors (Lipinski definition) is 3. The van der Waals surface area contributed by atoms with Gasteiger partial charge in [-0.1, -0.05) is 13.3 Å². The van der Waals surface area contributed by atoms with Gasteiger partial charge in [0.25, 0.3) is 0 Å². The number of hydrogen-bond donors (Lipinski definition) is 1. The van der Waals surface area contributed by atoms with Crippen LogP contribution in [0.15, 0.2) is 0 Å². The molecule has 0 aromatic heterocycles. The van der Waals surface area contributed by atoms with Crippen LogP contribution in [0.3, 0.4) is 0 Å². The van der Waals surface area contributed by atoms with Gasteiger partial charge in [0.15, 0.2) is 0 Å². The van der Waals surface area contributed by atoms with Gasteiger partial charge in [-0.3, -0.25) is 19.8 Å². The van der Waals surface area contributed by atoms with E-state index in [1.807, 2.05) is 6.92 Å². The van der Waals surface area contributed by atoms with Crippen molar-refractivity contribution in [2.45, 2.75) is 19.8 Å². The Kier molecular flexibility index (Phi) is 2.65. The van der Waals surface area contributed by atoms with Crippen LogP contribution in [0.25, 0.3) is 0 Å². The second kappa shape index (κ2) is 3.55. The number of carbonyl (C=O) groups excluding carboxylic acids is 3. The first-order valence-corrected chi connectivity index (χ1v) is 4.20. The minimum Gasteiger partial charge on any atom is -0.277 e. The molecule has 1 fully saturated rings. The van der Waals surface area contributed by atoms with Crippen LogP contribution in [0, 0.1) is 5.92 Å². The Hall–Kier alpha value is -1.39. The molecule has 1 saturated heterocycles. The van der Waals surface area contributed by atoms with Crippen molar-refractivity contribution in [2.75, 3.05) is 7.05 Å². The van der Waals surface area contributed by atoms with Gasteiger partial charge < -0.3 is 0 Å². The maximum absolute atomic E-state index is 11.4. The molecule has 0 bridgehead atoms. The van der Waals surface area contributed by atoms with Crippen molar-refractivity contribution in [3.63, 3.8) is 0 Å². The summed E-state index contributed by atoms with van der Waals surface area (Å²) >= 11 is 0. The Bertz CT molecular complexity index is 262. The lowest BCUT2D eigenvalue weighted by atomic mass is 10.00. The van der Waals surface area contributed by atoms with E-state index in [-0.39, 0.29) is 0 Å². The van der Waals surface area contributed by atoms with Crippen LogP contribution in [-0.2, 0) is 9.59 Å². The minimum atomic E-state index is -0.687.